The zero-order chi connectivity index (χ0) is 41.2. The van der Waals surface area contributed by atoms with Gasteiger partial charge in [0.2, 0.25) is 0 Å². The fourth-order valence-corrected chi connectivity index (χ4v) is 9.07. The summed E-state index contributed by atoms with van der Waals surface area (Å²) in [6, 6.07) is -0.467. The molecule has 3 fully saturated rings. The van der Waals surface area contributed by atoms with E-state index < -0.39 is 120 Å². The maximum atomic E-state index is 14.2. The number of aliphatic hydroxyl groups is 7. The monoisotopic (exact) mass is 780 g/mol. The minimum absolute atomic E-state index is 0.0697. The molecule has 0 unspecified atom stereocenters. The predicted octanol–water partition coefficient (Wildman–Crippen LogP) is 1.33. The Labute approximate surface area is 322 Å². The zero-order valence-electron chi connectivity index (χ0n) is 34.8. The van der Waals surface area contributed by atoms with Gasteiger partial charge in [0.15, 0.2) is 12.6 Å². The van der Waals surface area contributed by atoms with Gasteiger partial charge in [0.05, 0.1) is 59.8 Å². The van der Waals surface area contributed by atoms with Gasteiger partial charge >= 0.3 is 5.97 Å². The van der Waals surface area contributed by atoms with Crippen LogP contribution in [0.5, 0.6) is 0 Å². The Bertz CT molecular complexity index is 1190. The molecule has 7 N–H and O–H groups in total. The third-order valence-corrected chi connectivity index (χ3v) is 12.5. The van der Waals surface area contributed by atoms with Gasteiger partial charge in [0, 0.05) is 38.0 Å². The average Bonchev–Trinajstić information content (AvgIpc) is 3.08. The van der Waals surface area contributed by atoms with Gasteiger partial charge in [-0.25, -0.2) is 0 Å². The number of methoxy groups -OCH3 is 1. The molecule has 0 aliphatic carbocycles. The van der Waals surface area contributed by atoms with Crippen LogP contribution in [0.4, 0.5) is 0 Å². The molecule has 0 aromatic rings. The Hall–Kier alpha value is -1.05. The van der Waals surface area contributed by atoms with Crippen LogP contribution in [0.2, 0.25) is 0 Å². The fourth-order valence-electron chi connectivity index (χ4n) is 9.07. The first-order chi connectivity index (χ1) is 24.8. The second-order valence-electron chi connectivity index (χ2n) is 17.5. The van der Waals surface area contributed by atoms with Crippen LogP contribution in [0, 0.1) is 23.7 Å². The van der Waals surface area contributed by atoms with Crippen molar-refractivity contribution >= 4 is 5.97 Å². The summed E-state index contributed by atoms with van der Waals surface area (Å²) in [5.41, 5.74) is -4.80. The minimum Gasteiger partial charge on any atom is -0.459 e. The Kier molecular flexibility index (Phi) is 16.4. The van der Waals surface area contributed by atoms with E-state index in [4.69, 9.17) is 28.4 Å². The van der Waals surface area contributed by atoms with Gasteiger partial charge in [-0.05, 0) is 80.7 Å². The van der Waals surface area contributed by atoms with E-state index in [-0.39, 0.29) is 31.9 Å². The van der Waals surface area contributed by atoms with Crippen molar-refractivity contribution in [2.75, 3.05) is 20.7 Å². The van der Waals surface area contributed by atoms with Crippen molar-refractivity contribution in [3.63, 3.8) is 0 Å². The number of carbonyl (C=O) groups is 1. The molecule has 3 aliphatic heterocycles. The third-order valence-electron chi connectivity index (χ3n) is 12.5. The molecule has 0 bridgehead atoms. The normalized spacial score (nSPS) is 49.6. The number of hydrogen-bond acceptors (Lipinski definition) is 15. The van der Waals surface area contributed by atoms with Gasteiger partial charge in [-0.1, -0.05) is 27.7 Å². The zero-order valence-corrected chi connectivity index (χ0v) is 34.8. The largest absolute Gasteiger partial charge is 0.459 e. The molecule has 318 valence electrons. The van der Waals surface area contributed by atoms with E-state index in [2.05, 4.69) is 0 Å². The highest BCUT2D eigenvalue weighted by Crippen LogP contribution is 2.41. The summed E-state index contributed by atoms with van der Waals surface area (Å²) in [7, 11) is 3.27. The maximum Gasteiger partial charge on any atom is 0.311 e. The molecular weight excluding hydrogens is 706 g/mol. The molecule has 0 radical (unpaired) electrons. The number of likely N-dealkylation sites (N-methyl/N-ethyl adjacent to an activating group) is 1. The van der Waals surface area contributed by atoms with E-state index in [9.17, 15) is 40.5 Å². The summed E-state index contributed by atoms with van der Waals surface area (Å²) in [6.07, 6.45) is -11.8. The Morgan fingerprint density at radius 3 is 2.07 bits per heavy atom. The quantitative estimate of drug-likeness (QED) is 0.164. The van der Waals surface area contributed by atoms with Crippen LogP contribution in [-0.2, 0) is 33.2 Å². The van der Waals surface area contributed by atoms with Crippen LogP contribution in [0.25, 0.3) is 0 Å². The molecule has 3 rings (SSSR count). The first-order valence-corrected chi connectivity index (χ1v) is 19.8. The number of rotatable bonds is 9. The number of cyclic esters (lactones) is 1. The van der Waals surface area contributed by atoms with Crippen molar-refractivity contribution in [1.82, 2.24) is 4.90 Å². The number of carbonyl (C=O) groups excluding carboxylic acids is 1. The van der Waals surface area contributed by atoms with E-state index in [0.717, 1.165) is 0 Å². The lowest BCUT2D eigenvalue weighted by atomic mass is 9.73. The SMILES string of the molecule is CC[C@H]1OC(=O)[C@H](C)[C@@H](O[C@@H]2C[C@@](C)(OC)[C@@H](O)[C@H](C)O2)[C@H](C)[C@@H](O[C@@H]2O[C@H](C)C[C@H](N(C)C[C@H](C)O)[C@H]2O)[C@](C)(O)C[C@@H](C)[C@H](O)[C@H](C)[C@@H](O)[C@]1(C)O. The molecule has 3 heterocycles. The highest BCUT2D eigenvalue weighted by atomic mass is 16.7. The average molecular weight is 780 g/mol. The van der Waals surface area contributed by atoms with Crippen LogP contribution < -0.4 is 0 Å². The number of nitrogens with zero attached hydrogens (tertiary/aromatic N) is 1. The third kappa shape index (κ3) is 10.5. The summed E-state index contributed by atoms with van der Waals surface area (Å²) in [5.74, 6) is -4.26. The van der Waals surface area contributed by atoms with Crippen molar-refractivity contribution in [3.8, 4) is 0 Å². The molecule has 0 aromatic carbocycles. The molecule has 0 amide bonds. The van der Waals surface area contributed by atoms with Gasteiger partial charge in [0.25, 0.3) is 0 Å². The van der Waals surface area contributed by atoms with Gasteiger partial charge in [-0.2, -0.15) is 0 Å². The molecule has 20 atom stereocenters. The van der Waals surface area contributed by atoms with Crippen LogP contribution in [-0.4, -0.2) is 164 Å². The molecule has 3 aliphatic rings. The van der Waals surface area contributed by atoms with E-state index in [0.29, 0.717) is 6.42 Å². The van der Waals surface area contributed by atoms with Crippen LogP contribution in [0.15, 0.2) is 0 Å². The summed E-state index contributed by atoms with van der Waals surface area (Å²) < 4.78 is 37.3. The summed E-state index contributed by atoms with van der Waals surface area (Å²) in [5, 5.41) is 79.9. The summed E-state index contributed by atoms with van der Waals surface area (Å²) in [6.45, 7) is 18.5. The lowest BCUT2D eigenvalue weighted by Crippen LogP contribution is -2.61. The topological polar surface area (TPSA) is 217 Å². The van der Waals surface area contributed by atoms with E-state index >= 15 is 0 Å². The molecule has 15 heteroatoms. The fraction of sp³-hybridized carbons (Fsp3) is 0.974. The number of esters is 1. The van der Waals surface area contributed by atoms with E-state index in [1.165, 1.54) is 14.0 Å². The van der Waals surface area contributed by atoms with Crippen molar-refractivity contribution in [3.05, 3.63) is 0 Å². The molecule has 15 nitrogen and oxygen atoms in total. The van der Waals surface area contributed by atoms with E-state index in [1.54, 1.807) is 69.4 Å². The van der Waals surface area contributed by atoms with Crippen LogP contribution in [0.1, 0.15) is 102 Å². The van der Waals surface area contributed by atoms with Gasteiger partial charge in [0.1, 0.15) is 23.9 Å². The molecule has 54 heavy (non-hydrogen) atoms. The molecule has 0 aromatic heterocycles. The van der Waals surface area contributed by atoms with Crippen molar-refractivity contribution < 1.29 is 69.0 Å². The highest BCUT2D eigenvalue weighted by molar-refractivity contribution is 5.73. The lowest BCUT2D eigenvalue weighted by Gasteiger charge is -2.49. The predicted molar refractivity (Wildman–Crippen MR) is 198 cm³/mol. The van der Waals surface area contributed by atoms with Crippen molar-refractivity contribution in [2.24, 2.45) is 23.7 Å². The smallest absolute Gasteiger partial charge is 0.311 e. The standard InChI is InChI=1S/C39H73NO14/c1-14-27-39(11,48)32(44)22(5)29(42)19(2)16-37(9,47)34(54-36-30(43)26(15-21(4)50-36)40(12)18-20(3)41)23(6)31(24(7)35(46)52-27)53-28-17-38(10,49-13)33(45)25(8)51-28/h19-34,36,41-45,47-48H,14-18H2,1-13H3/t19-,20+,21-,22+,23+,24-,25+,26+,27-,28-,29+,30-,31+,32-,33+,34-,36+,37-,38-,39-/m1/s1. The van der Waals surface area contributed by atoms with Gasteiger partial charge in [-0.15, -0.1) is 0 Å². The van der Waals surface area contributed by atoms with Gasteiger partial charge in [-0.3, -0.25) is 9.69 Å². The Morgan fingerprint density at radius 2 is 1.52 bits per heavy atom. The second-order valence-corrected chi connectivity index (χ2v) is 17.5. The minimum atomic E-state index is -1.95. The van der Waals surface area contributed by atoms with Crippen molar-refractivity contribution in [2.45, 2.75) is 198 Å². The highest BCUT2D eigenvalue weighted by Gasteiger charge is 2.53. The summed E-state index contributed by atoms with van der Waals surface area (Å²) in [4.78, 5) is 16.0. The first-order valence-electron chi connectivity index (χ1n) is 19.8. The molecular formula is C39H73NO14. The van der Waals surface area contributed by atoms with Crippen LogP contribution in [0.3, 0.4) is 0 Å². The molecule has 3 saturated heterocycles. The van der Waals surface area contributed by atoms with Crippen LogP contribution >= 0.6 is 0 Å². The van der Waals surface area contributed by atoms with Crippen molar-refractivity contribution in [1.29, 1.82) is 0 Å². The maximum absolute atomic E-state index is 14.2. The number of aliphatic hydroxyl groups excluding tert-OH is 5. The number of ether oxygens (including phenoxy) is 6. The molecule has 0 saturated carbocycles. The molecule has 0 spiro atoms. The second kappa shape index (κ2) is 18.7. The summed E-state index contributed by atoms with van der Waals surface area (Å²) >= 11 is 0. The van der Waals surface area contributed by atoms with E-state index in [1.807, 2.05) is 11.8 Å². The number of hydrogen-bond donors (Lipinski definition) is 7. The lowest BCUT2D eigenvalue weighted by molar-refractivity contribution is -0.319. The Morgan fingerprint density at radius 1 is 0.907 bits per heavy atom. The van der Waals surface area contributed by atoms with Gasteiger partial charge < -0.3 is 64.2 Å². The first kappa shape index (κ1) is 47.3. The Balaban J connectivity index is 2.18.